The fourth-order valence-corrected chi connectivity index (χ4v) is 2.13. The minimum Gasteiger partial charge on any atom is -0.351 e. The number of aromatic nitrogens is 2. The van der Waals surface area contributed by atoms with Gasteiger partial charge in [0, 0.05) is 18.8 Å². The number of amides is 1. The number of hydrogen-bond donors (Lipinski definition) is 2. The molecule has 0 aliphatic heterocycles. The van der Waals surface area contributed by atoms with E-state index in [2.05, 4.69) is 20.8 Å². The fourth-order valence-electron chi connectivity index (χ4n) is 2.13. The standard InChI is InChI=1S/C15H22N4O2.ClH/c1-5-16-6-7-17-14(20)11-8-12(9(2)3)18-15-13(11)10(4)19-21-15;/h8-9,16H,5-7H2,1-4H3,(H,17,20);1H. The summed E-state index contributed by atoms with van der Waals surface area (Å²) in [7, 11) is 0. The molecule has 0 fully saturated rings. The molecule has 0 atom stereocenters. The van der Waals surface area contributed by atoms with Gasteiger partial charge in [0.05, 0.1) is 16.6 Å². The Labute approximate surface area is 136 Å². The van der Waals surface area contributed by atoms with Crippen molar-refractivity contribution in [1.82, 2.24) is 20.8 Å². The summed E-state index contributed by atoms with van der Waals surface area (Å²) >= 11 is 0. The molecule has 122 valence electrons. The molecule has 0 aliphatic rings. The van der Waals surface area contributed by atoms with Crippen LogP contribution >= 0.6 is 12.4 Å². The van der Waals surface area contributed by atoms with Crippen molar-refractivity contribution in [2.24, 2.45) is 0 Å². The molecule has 2 aromatic rings. The summed E-state index contributed by atoms with van der Waals surface area (Å²) in [5, 5.41) is 10.7. The van der Waals surface area contributed by atoms with Crippen LogP contribution in [0.1, 0.15) is 48.4 Å². The zero-order valence-electron chi connectivity index (χ0n) is 13.4. The topological polar surface area (TPSA) is 80.0 Å². The SMILES string of the molecule is CCNCCNC(=O)c1cc(C(C)C)nc2onc(C)c12.Cl. The fraction of sp³-hybridized carbons (Fsp3) is 0.533. The van der Waals surface area contributed by atoms with Crippen LogP contribution in [0, 0.1) is 6.92 Å². The van der Waals surface area contributed by atoms with E-state index in [-0.39, 0.29) is 24.2 Å². The van der Waals surface area contributed by atoms with Gasteiger partial charge in [-0.1, -0.05) is 25.9 Å². The highest BCUT2D eigenvalue weighted by atomic mass is 35.5. The number of hydrogen-bond acceptors (Lipinski definition) is 5. The monoisotopic (exact) mass is 326 g/mol. The Morgan fingerprint density at radius 2 is 2.09 bits per heavy atom. The minimum absolute atomic E-state index is 0. The molecule has 22 heavy (non-hydrogen) atoms. The maximum Gasteiger partial charge on any atom is 0.259 e. The molecule has 0 aromatic carbocycles. The van der Waals surface area contributed by atoms with Crippen molar-refractivity contribution in [3.63, 3.8) is 0 Å². The highest BCUT2D eigenvalue weighted by Crippen LogP contribution is 2.24. The molecule has 2 N–H and O–H groups in total. The second-order valence-electron chi connectivity index (χ2n) is 5.31. The number of halogens is 1. The first kappa shape index (κ1) is 18.4. The zero-order chi connectivity index (χ0) is 15.4. The van der Waals surface area contributed by atoms with Crippen molar-refractivity contribution in [2.45, 2.75) is 33.6 Å². The number of nitrogens with zero attached hydrogens (tertiary/aromatic N) is 2. The first-order valence-corrected chi connectivity index (χ1v) is 7.30. The Bertz CT molecular complexity index is 640. The third kappa shape index (κ3) is 3.96. The maximum atomic E-state index is 12.4. The van der Waals surface area contributed by atoms with Gasteiger partial charge in [-0.3, -0.25) is 4.79 Å². The Hall–Kier alpha value is -1.66. The van der Waals surface area contributed by atoms with E-state index in [1.165, 1.54) is 0 Å². The average Bonchev–Trinajstić information content (AvgIpc) is 2.84. The second kappa shape index (κ2) is 8.10. The van der Waals surface area contributed by atoms with Crippen LogP contribution < -0.4 is 10.6 Å². The molecule has 2 aromatic heterocycles. The van der Waals surface area contributed by atoms with Gasteiger partial charge >= 0.3 is 0 Å². The molecule has 0 saturated carbocycles. The number of carbonyl (C=O) groups is 1. The van der Waals surface area contributed by atoms with Crippen molar-refractivity contribution in [3.8, 4) is 0 Å². The number of fused-ring (bicyclic) bond motifs is 1. The molecule has 2 rings (SSSR count). The van der Waals surface area contributed by atoms with Gasteiger partial charge < -0.3 is 15.2 Å². The van der Waals surface area contributed by atoms with Crippen molar-refractivity contribution >= 4 is 29.4 Å². The number of aryl methyl sites for hydroxylation is 1. The van der Waals surface area contributed by atoms with Crippen LogP contribution in [0.5, 0.6) is 0 Å². The average molecular weight is 327 g/mol. The van der Waals surface area contributed by atoms with Crippen LogP contribution in [0.3, 0.4) is 0 Å². The lowest BCUT2D eigenvalue weighted by molar-refractivity contribution is 0.0955. The van der Waals surface area contributed by atoms with Gasteiger partial charge in [-0.15, -0.1) is 12.4 Å². The van der Waals surface area contributed by atoms with Gasteiger partial charge in [0.15, 0.2) is 0 Å². The Morgan fingerprint density at radius 1 is 1.36 bits per heavy atom. The quantitative estimate of drug-likeness (QED) is 0.797. The van der Waals surface area contributed by atoms with Gasteiger partial charge in [-0.05, 0) is 25.5 Å². The van der Waals surface area contributed by atoms with E-state index < -0.39 is 0 Å². The number of likely N-dealkylation sites (N-methyl/N-ethyl adjacent to an activating group) is 1. The van der Waals surface area contributed by atoms with Crippen LogP contribution in [0.15, 0.2) is 10.6 Å². The van der Waals surface area contributed by atoms with Crippen molar-refractivity contribution < 1.29 is 9.32 Å². The summed E-state index contributed by atoms with van der Waals surface area (Å²) in [6, 6.07) is 1.83. The molecule has 0 radical (unpaired) electrons. The van der Waals surface area contributed by atoms with Crippen molar-refractivity contribution in [3.05, 3.63) is 23.0 Å². The van der Waals surface area contributed by atoms with Gasteiger partial charge in [-0.25, -0.2) is 4.98 Å². The molecule has 0 unspecified atom stereocenters. The molecule has 0 spiro atoms. The molecule has 0 aliphatic carbocycles. The predicted octanol–water partition coefficient (Wildman–Crippen LogP) is 2.42. The van der Waals surface area contributed by atoms with Gasteiger partial charge in [-0.2, -0.15) is 0 Å². The number of nitrogens with one attached hydrogen (secondary N) is 2. The van der Waals surface area contributed by atoms with E-state index >= 15 is 0 Å². The zero-order valence-corrected chi connectivity index (χ0v) is 14.2. The van der Waals surface area contributed by atoms with E-state index in [4.69, 9.17) is 4.52 Å². The summed E-state index contributed by atoms with van der Waals surface area (Å²) < 4.78 is 5.22. The van der Waals surface area contributed by atoms with E-state index in [9.17, 15) is 4.79 Å². The Kier molecular flexibility index (Phi) is 6.77. The molecular formula is C15H23ClN4O2. The van der Waals surface area contributed by atoms with E-state index in [0.717, 1.165) is 18.8 Å². The molecule has 2 heterocycles. The van der Waals surface area contributed by atoms with Crippen molar-refractivity contribution in [1.29, 1.82) is 0 Å². The summed E-state index contributed by atoms with van der Waals surface area (Å²) in [6.45, 7) is 10.1. The van der Waals surface area contributed by atoms with Gasteiger partial charge in [0.2, 0.25) is 0 Å². The largest absolute Gasteiger partial charge is 0.351 e. The normalized spacial score (nSPS) is 10.8. The molecular weight excluding hydrogens is 304 g/mol. The van der Waals surface area contributed by atoms with Crippen LogP contribution in [-0.4, -0.2) is 35.7 Å². The summed E-state index contributed by atoms with van der Waals surface area (Å²) in [5.41, 5.74) is 2.52. The second-order valence-corrected chi connectivity index (χ2v) is 5.31. The van der Waals surface area contributed by atoms with Crippen molar-refractivity contribution in [2.75, 3.05) is 19.6 Å². The number of carbonyl (C=O) groups excluding carboxylic acids is 1. The van der Waals surface area contributed by atoms with E-state index in [1.54, 1.807) is 0 Å². The van der Waals surface area contributed by atoms with Gasteiger partial charge in [0.25, 0.3) is 11.6 Å². The maximum absolute atomic E-state index is 12.4. The summed E-state index contributed by atoms with van der Waals surface area (Å²) in [4.78, 5) is 16.8. The minimum atomic E-state index is -0.117. The van der Waals surface area contributed by atoms with Crippen LogP contribution in [0.2, 0.25) is 0 Å². The van der Waals surface area contributed by atoms with Gasteiger partial charge in [0.1, 0.15) is 0 Å². The smallest absolute Gasteiger partial charge is 0.259 e. The molecule has 0 saturated heterocycles. The summed E-state index contributed by atoms with van der Waals surface area (Å²) in [6.07, 6.45) is 0. The van der Waals surface area contributed by atoms with E-state index in [0.29, 0.717) is 28.9 Å². The van der Waals surface area contributed by atoms with Crippen LogP contribution in [0.25, 0.3) is 11.1 Å². The lowest BCUT2D eigenvalue weighted by Crippen LogP contribution is -2.32. The Balaban J connectivity index is 0.00000242. The predicted molar refractivity (Wildman–Crippen MR) is 88.8 cm³/mol. The van der Waals surface area contributed by atoms with E-state index in [1.807, 2.05) is 33.8 Å². The number of rotatable bonds is 6. The third-order valence-electron chi connectivity index (χ3n) is 3.31. The molecule has 6 nitrogen and oxygen atoms in total. The lowest BCUT2D eigenvalue weighted by atomic mass is 10.0. The molecule has 7 heteroatoms. The first-order chi connectivity index (χ1) is 10.0. The molecule has 1 amide bonds. The summed E-state index contributed by atoms with van der Waals surface area (Å²) in [5.74, 6) is 0.0987. The molecule has 0 bridgehead atoms. The highest BCUT2D eigenvalue weighted by molar-refractivity contribution is 6.06. The highest BCUT2D eigenvalue weighted by Gasteiger charge is 2.19. The third-order valence-corrected chi connectivity index (χ3v) is 3.31. The Morgan fingerprint density at radius 3 is 2.73 bits per heavy atom. The first-order valence-electron chi connectivity index (χ1n) is 7.30. The van der Waals surface area contributed by atoms with Crippen LogP contribution in [0.4, 0.5) is 0 Å². The number of pyridine rings is 1. The van der Waals surface area contributed by atoms with Crippen LogP contribution in [-0.2, 0) is 0 Å². The lowest BCUT2D eigenvalue weighted by Gasteiger charge is -2.09.